The van der Waals surface area contributed by atoms with E-state index in [1.54, 1.807) is 0 Å². The molecule has 2 rings (SSSR count). The second-order valence-electron chi connectivity index (χ2n) is 6.70. The van der Waals surface area contributed by atoms with Gasteiger partial charge in [-0.05, 0) is 71.8 Å². The SMILES string of the molecule is CC(C)(C)NCc1cccn1CCCN1CCCC1. The third kappa shape index (κ3) is 5.00. The molecule has 1 aliphatic heterocycles. The van der Waals surface area contributed by atoms with Crippen LogP contribution in [0.25, 0.3) is 0 Å². The van der Waals surface area contributed by atoms with Gasteiger partial charge < -0.3 is 14.8 Å². The fraction of sp³-hybridized carbons (Fsp3) is 0.750. The molecule has 1 fully saturated rings. The highest BCUT2D eigenvalue weighted by molar-refractivity contribution is 5.07. The summed E-state index contributed by atoms with van der Waals surface area (Å²) in [6, 6.07) is 4.39. The normalized spacial score (nSPS) is 17.2. The van der Waals surface area contributed by atoms with Crippen LogP contribution in [-0.2, 0) is 13.1 Å². The summed E-state index contributed by atoms with van der Waals surface area (Å²) in [4.78, 5) is 2.59. The zero-order valence-corrected chi connectivity index (χ0v) is 12.8. The summed E-state index contributed by atoms with van der Waals surface area (Å²) < 4.78 is 2.40. The van der Waals surface area contributed by atoms with Crippen molar-refractivity contribution >= 4 is 0 Å². The van der Waals surface area contributed by atoms with Crippen molar-refractivity contribution in [2.24, 2.45) is 0 Å². The second-order valence-corrected chi connectivity index (χ2v) is 6.70. The lowest BCUT2D eigenvalue weighted by molar-refractivity contribution is 0.323. The predicted octanol–water partition coefficient (Wildman–Crippen LogP) is 2.86. The molecule has 0 unspecified atom stereocenters. The first-order valence-corrected chi connectivity index (χ1v) is 7.66. The second kappa shape index (κ2) is 6.58. The number of nitrogens with one attached hydrogen (secondary N) is 1. The molecule has 0 radical (unpaired) electrons. The summed E-state index contributed by atoms with van der Waals surface area (Å²) >= 11 is 0. The molecule has 2 heterocycles. The van der Waals surface area contributed by atoms with E-state index in [1.807, 2.05) is 0 Å². The molecule has 0 spiro atoms. The summed E-state index contributed by atoms with van der Waals surface area (Å²) in [6.45, 7) is 12.6. The van der Waals surface area contributed by atoms with Gasteiger partial charge in [0.15, 0.2) is 0 Å². The lowest BCUT2D eigenvalue weighted by Crippen LogP contribution is -2.35. The minimum atomic E-state index is 0.185. The van der Waals surface area contributed by atoms with Crippen molar-refractivity contribution in [2.45, 2.75) is 58.7 Å². The fourth-order valence-electron chi connectivity index (χ4n) is 2.65. The zero-order valence-electron chi connectivity index (χ0n) is 12.8. The van der Waals surface area contributed by atoms with Gasteiger partial charge in [-0.3, -0.25) is 0 Å². The van der Waals surface area contributed by atoms with Gasteiger partial charge in [0, 0.05) is 30.5 Å². The van der Waals surface area contributed by atoms with Crippen LogP contribution in [0.2, 0.25) is 0 Å². The average molecular weight is 263 g/mol. The number of aromatic nitrogens is 1. The van der Waals surface area contributed by atoms with Crippen molar-refractivity contribution in [1.82, 2.24) is 14.8 Å². The number of rotatable bonds is 6. The summed E-state index contributed by atoms with van der Waals surface area (Å²) in [5, 5.41) is 3.56. The zero-order chi connectivity index (χ0) is 13.7. The molecule has 1 aliphatic rings. The van der Waals surface area contributed by atoms with Crippen LogP contribution in [0.4, 0.5) is 0 Å². The van der Waals surface area contributed by atoms with E-state index in [1.165, 1.54) is 44.6 Å². The van der Waals surface area contributed by atoms with Crippen LogP contribution < -0.4 is 5.32 Å². The van der Waals surface area contributed by atoms with Gasteiger partial charge >= 0.3 is 0 Å². The molecular formula is C16H29N3. The van der Waals surface area contributed by atoms with E-state index in [2.05, 4.69) is 53.9 Å². The largest absolute Gasteiger partial charge is 0.350 e. The molecule has 0 atom stereocenters. The van der Waals surface area contributed by atoms with Gasteiger partial charge in [0.25, 0.3) is 0 Å². The van der Waals surface area contributed by atoms with Crippen molar-refractivity contribution in [3.05, 3.63) is 24.0 Å². The Hall–Kier alpha value is -0.800. The Morgan fingerprint density at radius 2 is 1.89 bits per heavy atom. The smallest absolute Gasteiger partial charge is 0.0363 e. The molecule has 1 saturated heterocycles. The highest BCUT2D eigenvalue weighted by Gasteiger charge is 2.12. The number of aryl methyl sites for hydroxylation is 1. The third-order valence-corrected chi connectivity index (χ3v) is 3.80. The van der Waals surface area contributed by atoms with E-state index in [-0.39, 0.29) is 5.54 Å². The Morgan fingerprint density at radius 3 is 2.58 bits per heavy atom. The minimum Gasteiger partial charge on any atom is -0.350 e. The first kappa shape index (κ1) is 14.6. The lowest BCUT2D eigenvalue weighted by atomic mass is 10.1. The summed E-state index contributed by atoms with van der Waals surface area (Å²) in [7, 11) is 0. The van der Waals surface area contributed by atoms with Crippen LogP contribution in [0.15, 0.2) is 18.3 Å². The van der Waals surface area contributed by atoms with E-state index in [0.29, 0.717) is 0 Å². The van der Waals surface area contributed by atoms with Crippen molar-refractivity contribution in [3.8, 4) is 0 Å². The van der Waals surface area contributed by atoms with Crippen LogP contribution >= 0.6 is 0 Å². The van der Waals surface area contributed by atoms with E-state index in [9.17, 15) is 0 Å². The molecule has 19 heavy (non-hydrogen) atoms. The maximum absolute atomic E-state index is 3.56. The molecule has 1 aromatic heterocycles. The van der Waals surface area contributed by atoms with Crippen LogP contribution in [0, 0.1) is 0 Å². The van der Waals surface area contributed by atoms with Gasteiger partial charge in [-0.1, -0.05) is 0 Å². The Balaban J connectivity index is 1.75. The quantitative estimate of drug-likeness (QED) is 0.851. The molecule has 0 aromatic carbocycles. The van der Waals surface area contributed by atoms with Gasteiger partial charge in [-0.2, -0.15) is 0 Å². The van der Waals surface area contributed by atoms with E-state index >= 15 is 0 Å². The monoisotopic (exact) mass is 263 g/mol. The molecule has 0 aliphatic carbocycles. The number of hydrogen-bond donors (Lipinski definition) is 1. The Labute approximate surface area is 118 Å². The molecule has 0 saturated carbocycles. The summed E-state index contributed by atoms with van der Waals surface area (Å²) in [5.74, 6) is 0. The Kier molecular flexibility index (Phi) is 5.06. The van der Waals surface area contributed by atoms with Crippen LogP contribution in [0.5, 0.6) is 0 Å². The lowest BCUT2D eigenvalue weighted by Gasteiger charge is -2.21. The molecular weight excluding hydrogens is 234 g/mol. The van der Waals surface area contributed by atoms with Gasteiger partial charge in [-0.25, -0.2) is 0 Å². The van der Waals surface area contributed by atoms with Crippen molar-refractivity contribution in [1.29, 1.82) is 0 Å². The average Bonchev–Trinajstić information content (AvgIpc) is 2.96. The fourth-order valence-corrected chi connectivity index (χ4v) is 2.65. The standard InChI is InChI=1S/C16H29N3/c1-16(2,3)17-14-15-8-6-12-19(15)13-7-11-18-9-4-5-10-18/h6,8,12,17H,4-5,7,9-11,13-14H2,1-3H3. The number of likely N-dealkylation sites (tertiary alicyclic amines) is 1. The van der Waals surface area contributed by atoms with Crippen LogP contribution in [0.3, 0.4) is 0 Å². The highest BCUT2D eigenvalue weighted by Crippen LogP contribution is 2.10. The molecule has 1 aromatic rings. The summed E-state index contributed by atoms with van der Waals surface area (Å²) in [5.41, 5.74) is 1.58. The van der Waals surface area contributed by atoms with E-state index < -0.39 is 0 Å². The van der Waals surface area contributed by atoms with E-state index in [0.717, 1.165) is 13.1 Å². The number of hydrogen-bond acceptors (Lipinski definition) is 2. The van der Waals surface area contributed by atoms with Gasteiger partial charge in [-0.15, -0.1) is 0 Å². The molecule has 1 N–H and O–H groups in total. The van der Waals surface area contributed by atoms with Gasteiger partial charge in [0.2, 0.25) is 0 Å². The maximum Gasteiger partial charge on any atom is 0.0363 e. The van der Waals surface area contributed by atoms with Crippen molar-refractivity contribution < 1.29 is 0 Å². The molecule has 3 heteroatoms. The highest BCUT2D eigenvalue weighted by atomic mass is 15.1. The van der Waals surface area contributed by atoms with Crippen molar-refractivity contribution in [3.63, 3.8) is 0 Å². The predicted molar refractivity (Wildman–Crippen MR) is 81.3 cm³/mol. The Bertz CT molecular complexity index is 370. The first-order valence-electron chi connectivity index (χ1n) is 7.66. The summed E-state index contributed by atoms with van der Waals surface area (Å²) in [6.07, 6.45) is 6.26. The number of nitrogens with zero attached hydrogens (tertiary/aromatic N) is 2. The van der Waals surface area contributed by atoms with Crippen LogP contribution in [0.1, 0.15) is 45.7 Å². The maximum atomic E-state index is 3.56. The Morgan fingerprint density at radius 1 is 1.16 bits per heavy atom. The molecule has 108 valence electrons. The third-order valence-electron chi connectivity index (χ3n) is 3.80. The van der Waals surface area contributed by atoms with E-state index in [4.69, 9.17) is 0 Å². The minimum absolute atomic E-state index is 0.185. The first-order chi connectivity index (χ1) is 9.04. The van der Waals surface area contributed by atoms with Gasteiger partial charge in [0.05, 0.1) is 0 Å². The van der Waals surface area contributed by atoms with Crippen molar-refractivity contribution in [2.75, 3.05) is 19.6 Å². The molecule has 0 bridgehead atoms. The molecule has 3 nitrogen and oxygen atoms in total. The van der Waals surface area contributed by atoms with Crippen LogP contribution in [-0.4, -0.2) is 34.6 Å². The molecule has 0 amide bonds. The topological polar surface area (TPSA) is 20.2 Å². The van der Waals surface area contributed by atoms with Gasteiger partial charge in [0.1, 0.15) is 0 Å².